The summed E-state index contributed by atoms with van der Waals surface area (Å²) < 4.78 is 14.5. The minimum Gasteiger partial charge on any atom is -0.376 e. The molecule has 0 bridgehead atoms. The van der Waals surface area contributed by atoms with Crippen LogP contribution in [0.3, 0.4) is 0 Å². The number of aliphatic imine (C=N–C) groups is 1. The maximum absolute atomic E-state index is 14.5. The molecule has 0 fully saturated rings. The Kier molecular flexibility index (Phi) is 7.63. The molecule has 0 saturated carbocycles. The number of aliphatic hydroxyl groups is 1. The molecule has 2 aromatic carbocycles. The van der Waals surface area contributed by atoms with Crippen molar-refractivity contribution >= 4 is 11.7 Å². The largest absolute Gasteiger partial charge is 0.376 e. The molecule has 7 nitrogen and oxygen atoms in total. The summed E-state index contributed by atoms with van der Waals surface area (Å²) in [4.78, 5) is 4.00. The van der Waals surface area contributed by atoms with Gasteiger partial charge in [0.05, 0.1) is 19.0 Å². The van der Waals surface area contributed by atoms with Crippen LogP contribution in [0.5, 0.6) is 0 Å². The minimum atomic E-state index is -1.09. The van der Waals surface area contributed by atoms with Gasteiger partial charge in [-0.05, 0) is 23.6 Å². The van der Waals surface area contributed by atoms with Crippen molar-refractivity contribution in [3.8, 4) is 17.2 Å². The second kappa shape index (κ2) is 10.2. The summed E-state index contributed by atoms with van der Waals surface area (Å²) in [6.45, 7) is 1.92. The Labute approximate surface area is 163 Å². The predicted molar refractivity (Wildman–Crippen MR) is 107 cm³/mol. The fourth-order valence-electron chi connectivity index (χ4n) is 2.54. The number of aliphatic hydroxyl groups excluding tert-OH is 1. The maximum Gasteiger partial charge on any atom is 0.203 e. The summed E-state index contributed by atoms with van der Waals surface area (Å²) in [6.07, 6.45) is -0.611. The summed E-state index contributed by atoms with van der Waals surface area (Å²) in [5, 5.41) is 25.9. The zero-order valence-electron chi connectivity index (χ0n) is 15.5. The van der Waals surface area contributed by atoms with E-state index in [1.165, 1.54) is 6.07 Å². The SMILES string of the molecule is CCC(=N)c1ccccc1-c1ccc(CN=C(N)NNC(O)CC#N)c(F)c1. The van der Waals surface area contributed by atoms with E-state index in [4.69, 9.17) is 16.4 Å². The number of nitriles is 1. The van der Waals surface area contributed by atoms with E-state index in [0.717, 1.165) is 11.1 Å². The summed E-state index contributed by atoms with van der Waals surface area (Å²) in [7, 11) is 0. The predicted octanol–water partition coefficient (Wildman–Crippen LogP) is 2.41. The molecule has 1 unspecified atom stereocenters. The Morgan fingerprint density at radius 2 is 2.11 bits per heavy atom. The number of hydrogen-bond acceptors (Lipinski definition) is 5. The van der Waals surface area contributed by atoms with Gasteiger partial charge in [0.25, 0.3) is 0 Å². The van der Waals surface area contributed by atoms with Crippen LogP contribution in [0.1, 0.15) is 30.9 Å². The smallest absolute Gasteiger partial charge is 0.203 e. The highest BCUT2D eigenvalue weighted by atomic mass is 19.1. The van der Waals surface area contributed by atoms with Crippen LogP contribution in [0.4, 0.5) is 4.39 Å². The third kappa shape index (κ3) is 5.61. The van der Waals surface area contributed by atoms with Gasteiger partial charge >= 0.3 is 0 Å². The van der Waals surface area contributed by atoms with Crippen molar-refractivity contribution < 1.29 is 9.50 Å². The number of rotatable bonds is 8. The number of guanidine groups is 1. The third-order valence-corrected chi connectivity index (χ3v) is 4.04. The van der Waals surface area contributed by atoms with Crippen LogP contribution in [-0.2, 0) is 6.54 Å². The van der Waals surface area contributed by atoms with Crippen LogP contribution < -0.4 is 16.6 Å². The molecule has 0 saturated heterocycles. The molecule has 0 spiro atoms. The molecule has 146 valence electrons. The van der Waals surface area contributed by atoms with Crippen LogP contribution in [-0.4, -0.2) is 23.0 Å². The van der Waals surface area contributed by atoms with E-state index in [2.05, 4.69) is 15.8 Å². The number of hydrogen-bond donors (Lipinski definition) is 5. The Morgan fingerprint density at radius 3 is 2.79 bits per heavy atom. The van der Waals surface area contributed by atoms with E-state index in [1.807, 2.05) is 31.2 Å². The van der Waals surface area contributed by atoms with Crippen LogP contribution >= 0.6 is 0 Å². The molecule has 28 heavy (non-hydrogen) atoms. The summed E-state index contributed by atoms with van der Waals surface area (Å²) in [5.41, 5.74) is 13.6. The van der Waals surface area contributed by atoms with Crippen molar-refractivity contribution in [1.29, 1.82) is 10.7 Å². The molecule has 0 aliphatic carbocycles. The highest BCUT2D eigenvalue weighted by Crippen LogP contribution is 2.26. The average molecular weight is 382 g/mol. The van der Waals surface area contributed by atoms with Gasteiger partial charge in [0.2, 0.25) is 5.96 Å². The van der Waals surface area contributed by atoms with E-state index < -0.39 is 12.0 Å². The summed E-state index contributed by atoms with van der Waals surface area (Å²) in [6, 6.07) is 14.1. The van der Waals surface area contributed by atoms with Gasteiger partial charge in [-0.3, -0.25) is 5.43 Å². The first-order chi connectivity index (χ1) is 13.5. The quantitative estimate of drug-likeness (QED) is 0.207. The molecular formula is C20H23FN6O. The molecule has 0 heterocycles. The third-order valence-electron chi connectivity index (χ3n) is 4.04. The molecular weight excluding hydrogens is 359 g/mol. The number of nitrogens with zero attached hydrogens (tertiary/aromatic N) is 2. The average Bonchev–Trinajstić information content (AvgIpc) is 2.71. The van der Waals surface area contributed by atoms with Gasteiger partial charge in [-0.15, -0.1) is 0 Å². The fraction of sp³-hybridized carbons (Fsp3) is 0.250. The number of hydrazine groups is 1. The van der Waals surface area contributed by atoms with Crippen molar-refractivity contribution in [3.63, 3.8) is 0 Å². The van der Waals surface area contributed by atoms with Gasteiger partial charge in [-0.2, -0.15) is 5.26 Å². The zero-order chi connectivity index (χ0) is 20.5. The lowest BCUT2D eigenvalue weighted by Gasteiger charge is -2.12. The fourth-order valence-corrected chi connectivity index (χ4v) is 2.54. The van der Waals surface area contributed by atoms with Gasteiger partial charge in [-0.25, -0.2) is 14.8 Å². The lowest BCUT2D eigenvalue weighted by atomic mass is 9.95. The Bertz CT molecular complexity index is 906. The Hall–Kier alpha value is -3.28. The number of halogens is 1. The standard InChI is InChI=1S/C20H23FN6O/c1-2-18(23)16-6-4-3-5-15(16)13-7-8-14(17(21)11-13)12-25-20(24)27-26-19(28)9-10-22/h3-8,11,19,23,26,28H,2,9,12H2,1H3,(H3,24,25,27). The topological polar surface area (TPSA) is 130 Å². The normalized spacial score (nSPS) is 12.3. The molecule has 2 aromatic rings. The highest BCUT2D eigenvalue weighted by Gasteiger charge is 2.11. The lowest BCUT2D eigenvalue weighted by Crippen LogP contribution is -2.47. The Balaban J connectivity index is 2.12. The van der Waals surface area contributed by atoms with Crippen LogP contribution in [0.25, 0.3) is 11.1 Å². The molecule has 2 rings (SSSR count). The molecule has 0 aromatic heterocycles. The molecule has 0 amide bonds. The molecule has 6 N–H and O–H groups in total. The molecule has 0 radical (unpaired) electrons. The van der Waals surface area contributed by atoms with E-state index in [0.29, 0.717) is 23.3 Å². The van der Waals surface area contributed by atoms with Gasteiger partial charge in [0, 0.05) is 16.8 Å². The Morgan fingerprint density at radius 1 is 1.36 bits per heavy atom. The van der Waals surface area contributed by atoms with Gasteiger partial charge in [-0.1, -0.05) is 43.3 Å². The van der Waals surface area contributed by atoms with Crippen molar-refractivity contribution in [2.75, 3.05) is 0 Å². The van der Waals surface area contributed by atoms with E-state index in [-0.39, 0.29) is 18.9 Å². The van der Waals surface area contributed by atoms with Crippen molar-refractivity contribution in [2.45, 2.75) is 32.5 Å². The van der Waals surface area contributed by atoms with Crippen LogP contribution in [0.15, 0.2) is 47.5 Å². The molecule has 8 heteroatoms. The van der Waals surface area contributed by atoms with Crippen molar-refractivity contribution in [1.82, 2.24) is 10.9 Å². The van der Waals surface area contributed by atoms with E-state index in [9.17, 15) is 9.50 Å². The van der Waals surface area contributed by atoms with Crippen molar-refractivity contribution in [2.24, 2.45) is 10.7 Å². The second-order valence-corrected chi connectivity index (χ2v) is 6.03. The number of nitrogens with one attached hydrogen (secondary N) is 3. The second-order valence-electron chi connectivity index (χ2n) is 6.03. The summed E-state index contributed by atoms with van der Waals surface area (Å²) >= 11 is 0. The minimum absolute atomic E-state index is 0.00734. The first-order valence-electron chi connectivity index (χ1n) is 8.78. The molecule has 0 aliphatic rings. The molecule has 1 atom stereocenters. The maximum atomic E-state index is 14.5. The van der Waals surface area contributed by atoms with E-state index in [1.54, 1.807) is 18.2 Å². The summed E-state index contributed by atoms with van der Waals surface area (Å²) in [5.74, 6) is -0.466. The highest BCUT2D eigenvalue weighted by molar-refractivity contribution is 6.03. The van der Waals surface area contributed by atoms with Crippen molar-refractivity contribution in [3.05, 3.63) is 59.4 Å². The number of nitrogens with two attached hydrogens (primary N) is 1. The van der Waals surface area contributed by atoms with Gasteiger partial charge in [0.15, 0.2) is 0 Å². The van der Waals surface area contributed by atoms with Crippen LogP contribution in [0.2, 0.25) is 0 Å². The van der Waals surface area contributed by atoms with Gasteiger partial charge < -0.3 is 16.2 Å². The zero-order valence-corrected chi connectivity index (χ0v) is 15.5. The monoisotopic (exact) mass is 382 g/mol. The molecule has 0 aliphatic heterocycles. The lowest BCUT2D eigenvalue weighted by molar-refractivity contribution is 0.133. The van der Waals surface area contributed by atoms with Gasteiger partial charge in [0.1, 0.15) is 12.0 Å². The first-order valence-corrected chi connectivity index (χ1v) is 8.78. The first kappa shape index (κ1) is 21.0. The van der Waals surface area contributed by atoms with Crippen LogP contribution in [0, 0.1) is 22.6 Å². The van der Waals surface area contributed by atoms with E-state index >= 15 is 0 Å². The number of benzene rings is 2.